The maximum atomic E-state index is 12.7. The van der Waals surface area contributed by atoms with Crippen LogP contribution in [0.15, 0.2) is 97.2 Å². The smallest absolute Gasteiger partial charge is 0.306 e. The van der Waals surface area contributed by atoms with Gasteiger partial charge in [0.05, 0.1) is 27.7 Å². The number of carbonyl (C=O) groups excluding carboxylic acids is 2. The second-order valence-electron chi connectivity index (χ2n) is 18.9. The fraction of sp³-hybridized carbons (Fsp3) is 0.690. The van der Waals surface area contributed by atoms with Crippen LogP contribution in [0.4, 0.5) is 0 Å². The van der Waals surface area contributed by atoms with Gasteiger partial charge in [-0.05, 0) is 96.3 Å². The number of quaternary nitrogens is 1. The molecule has 0 rings (SSSR count). The van der Waals surface area contributed by atoms with Crippen molar-refractivity contribution in [3.05, 3.63) is 97.2 Å². The lowest BCUT2D eigenvalue weighted by molar-refractivity contribution is -0.870. The Kier molecular flexibility index (Phi) is 46.7. The highest BCUT2D eigenvalue weighted by atomic mass is 31.2. The van der Waals surface area contributed by atoms with E-state index in [4.69, 9.17) is 18.5 Å². The van der Waals surface area contributed by atoms with Crippen molar-refractivity contribution < 1.29 is 42.1 Å². The van der Waals surface area contributed by atoms with E-state index in [0.717, 1.165) is 96.3 Å². The predicted molar refractivity (Wildman–Crippen MR) is 286 cm³/mol. The van der Waals surface area contributed by atoms with Gasteiger partial charge in [0, 0.05) is 12.8 Å². The highest BCUT2D eigenvalue weighted by Gasteiger charge is 2.21. The van der Waals surface area contributed by atoms with Gasteiger partial charge in [0.25, 0.3) is 7.82 Å². The number of hydrogen-bond donors (Lipinski definition) is 0. The quantitative estimate of drug-likeness (QED) is 0.0195. The molecule has 2 unspecified atom stereocenters. The SMILES string of the molecule is CC/C=C\C/C=C\C/C=C\C/C=C\C/C=C\CCCCCC(=O)OC(COC(=O)CCCCCCCCCCCC/C=C\C/C=C\C/C=C\CCCCCCC)COP(=O)([O-])OCC[N+](C)(C)C. The molecule has 0 amide bonds. The predicted octanol–water partition coefficient (Wildman–Crippen LogP) is 15.8. The number of likely N-dealkylation sites (N-methyl/N-ethyl adjacent to an activating group) is 1. The number of carbonyl (C=O) groups is 2. The molecule has 0 N–H and O–H groups in total. The van der Waals surface area contributed by atoms with Crippen LogP contribution < -0.4 is 4.89 Å². The Labute approximate surface area is 417 Å². The minimum Gasteiger partial charge on any atom is -0.756 e. The fourth-order valence-electron chi connectivity index (χ4n) is 6.92. The van der Waals surface area contributed by atoms with E-state index in [1.807, 2.05) is 21.1 Å². The number of hydrogen-bond acceptors (Lipinski definition) is 8. The van der Waals surface area contributed by atoms with Crippen LogP contribution in [0.25, 0.3) is 0 Å². The summed E-state index contributed by atoms with van der Waals surface area (Å²) < 4.78 is 34.0. The fourth-order valence-corrected chi connectivity index (χ4v) is 7.65. The molecule has 2 atom stereocenters. The molecule has 68 heavy (non-hydrogen) atoms. The molecular formula is C58H100NO8P. The second-order valence-corrected chi connectivity index (χ2v) is 20.3. The van der Waals surface area contributed by atoms with Gasteiger partial charge in [-0.1, -0.05) is 195 Å². The number of allylic oxidation sites excluding steroid dienone is 16. The Morgan fingerprint density at radius 1 is 0.471 bits per heavy atom. The molecule has 0 radical (unpaired) electrons. The summed E-state index contributed by atoms with van der Waals surface area (Å²) in [5.74, 6) is -0.881. The van der Waals surface area contributed by atoms with Crippen LogP contribution in [-0.4, -0.2) is 70.0 Å². The zero-order valence-electron chi connectivity index (χ0n) is 44.0. The summed E-state index contributed by atoms with van der Waals surface area (Å²) in [6.45, 7) is 4.06. The van der Waals surface area contributed by atoms with Gasteiger partial charge in [-0.25, -0.2) is 0 Å². The summed E-state index contributed by atoms with van der Waals surface area (Å²) in [5, 5.41) is 0. The first-order chi connectivity index (χ1) is 33.0. The lowest BCUT2D eigenvalue weighted by Gasteiger charge is -2.28. The zero-order chi connectivity index (χ0) is 49.9. The van der Waals surface area contributed by atoms with Gasteiger partial charge in [-0.3, -0.25) is 14.2 Å². The molecule has 0 saturated heterocycles. The van der Waals surface area contributed by atoms with Crippen LogP contribution >= 0.6 is 7.82 Å². The number of rotatable bonds is 48. The second kappa shape index (κ2) is 48.9. The third-order valence-corrected chi connectivity index (χ3v) is 12.1. The molecule has 0 spiro atoms. The Hall–Kier alpha value is -3.07. The number of unbranched alkanes of at least 4 members (excludes halogenated alkanes) is 18. The molecule has 0 heterocycles. The number of ether oxygens (including phenoxy) is 2. The average Bonchev–Trinajstić information content (AvgIpc) is 3.30. The summed E-state index contributed by atoms with van der Waals surface area (Å²) in [6, 6.07) is 0. The van der Waals surface area contributed by atoms with Crippen molar-refractivity contribution in [3.63, 3.8) is 0 Å². The van der Waals surface area contributed by atoms with Crippen LogP contribution in [0, 0.1) is 0 Å². The lowest BCUT2D eigenvalue weighted by Crippen LogP contribution is -2.37. The van der Waals surface area contributed by atoms with Crippen molar-refractivity contribution in [1.29, 1.82) is 0 Å². The standard InChI is InChI=1S/C58H100NO8P/c1-6-8-10-12-14-16-18-20-22-24-26-27-28-29-30-31-33-34-36-38-40-42-44-46-48-50-57(60)64-54-56(55-66-68(62,63)65-53-52-59(3,4)5)67-58(61)51-49-47-45-43-41-39-37-35-32-25-23-21-19-17-15-13-11-9-7-2/h9,11,15,17-18,20-21,23-24,26,28-29,32,35,39,41,56H,6-8,10,12-14,16,19,22,25,27,30-31,33-34,36-38,40,42-55H2,1-5H3/b11-9-,17-15-,20-18-,23-21-,26-24-,29-28-,35-32-,41-39-. The van der Waals surface area contributed by atoms with Crippen LogP contribution in [0.5, 0.6) is 0 Å². The van der Waals surface area contributed by atoms with E-state index in [-0.39, 0.29) is 26.1 Å². The van der Waals surface area contributed by atoms with Crippen molar-refractivity contribution in [1.82, 2.24) is 0 Å². The molecular weight excluding hydrogens is 870 g/mol. The van der Waals surface area contributed by atoms with Crippen LogP contribution in [0.2, 0.25) is 0 Å². The summed E-state index contributed by atoms with van der Waals surface area (Å²) in [6.07, 6.45) is 65.9. The summed E-state index contributed by atoms with van der Waals surface area (Å²) in [7, 11) is 1.13. The number of phosphoric ester groups is 1. The molecule has 0 aliphatic carbocycles. The van der Waals surface area contributed by atoms with Gasteiger partial charge < -0.3 is 27.9 Å². The summed E-state index contributed by atoms with van der Waals surface area (Å²) >= 11 is 0. The highest BCUT2D eigenvalue weighted by Crippen LogP contribution is 2.38. The molecule has 0 aromatic rings. The van der Waals surface area contributed by atoms with E-state index >= 15 is 0 Å². The third kappa shape index (κ3) is 52.3. The Balaban J connectivity index is 4.28. The molecule has 0 saturated carbocycles. The van der Waals surface area contributed by atoms with Crippen molar-refractivity contribution in [2.45, 2.75) is 213 Å². The molecule has 0 aliphatic rings. The monoisotopic (exact) mass is 970 g/mol. The molecule has 0 bridgehead atoms. The van der Waals surface area contributed by atoms with Gasteiger partial charge in [-0.15, -0.1) is 0 Å². The van der Waals surface area contributed by atoms with E-state index in [0.29, 0.717) is 17.4 Å². The number of nitrogens with zero attached hydrogens (tertiary/aromatic N) is 1. The maximum Gasteiger partial charge on any atom is 0.306 e. The Bertz CT molecular complexity index is 1470. The number of esters is 2. The van der Waals surface area contributed by atoms with Crippen LogP contribution in [0.1, 0.15) is 206 Å². The van der Waals surface area contributed by atoms with E-state index in [2.05, 4.69) is 111 Å². The average molecular weight is 970 g/mol. The molecule has 0 aromatic heterocycles. The normalized spacial score (nSPS) is 14.1. The van der Waals surface area contributed by atoms with E-state index in [1.54, 1.807) is 0 Å². The minimum atomic E-state index is -4.65. The van der Waals surface area contributed by atoms with E-state index < -0.39 is 32.5 Å². The van der Waals surface area contributed by atoms with Crippen molar-refractivity contribution in [3.8, 4) is 0 Å². The first-order valence-corrected chi connectivity index (χ1v) is 28.4. The van der Waals surface area contributed by atoms with Crippen molar-refractivity contribution in [2.24, 2.45) is 0 Å². The molecule has 0 aromatic carbocycles. The lowest BCUT2D eigenvalue weighted by atomic mass is 10.1. The van der Waals surface area contributed by atoms with Crippen LogP contribution in [-0.2, 0) is 32.7 Å². The molecule has 10 heteroatoms. The highest BCUT2D eigenvalue weighted by molar-refractivity contribution is 7.45. The van der Waals surface area contributed by atoms with Gasteiger partial charge in [0.1, 0.15) is 19.8 Å². The molecule has 0 aliphatic heterocycles. The van der Waals surface area contributed by atoms with Gasteiger partial charge in [0.2, 0.25) is 0 Å². The summed E-state index contributed by atoms with van der Waals surface area (Å²) in [4.78, 5) is 37.8. The van der Waals surface area contributed by atoms with Gasteiger partial charge in [-0.2, -0.15) is 0 Å². The Morgan fingerprint density at radius 3 is 1.26 bits per heavy atom. The van der Waals surface area contributed by atoms with Crippen molar-refractivity contribution >= 4 is 19.8 Å². The van der Waals surface area contributed by atoms with Crippen LogP contribution in [0.3, 0.4) is 0 Å². The van der Waals surface area contributed by atoms with Crippen molar-refractivity contribution in [2.75, 3.05) is 47.5 Å². The first kappa shape index (κ1) is 64.9. The summed E-state index contributed by atoms with van der Waals surface area (Å²) in [5.41, 5.74) is 0. The number of phosphoric acid groups is 1. The molecule has 9 nitrogen and oxygen atoms in total. The molecule has 390 valence electrons. The first-order valence-electron chi connectivity index (χ1n) is 26.9. The topological polar surface area (TPSA) is 111 Å². The molecule has 0 fully saturated rings. The third-order valence-electron chi connectivity index (χ3n) is 11.1. The van der Waals surface area contributed by atoms with E-state index in [9.17, 15) is 19.0 Å². The Morgan fingerprint density at radius 2 is 0.838 bits per heavy atom. The van der Waals surface area contributed by atoms with Gasteiger partial charge >= 0.3 is 11.9 Å². The van der Waals surface area contributed by atoms with Gasteiger partial charge in [0.15, 0.2) is 6.10 Å². The van der Waals surface area contributed by atoms with E-state index in [1.165, 1.54) is 77.0 Å². The maximum absolute atomic E-state index is 12.7. The zero-order valence-corrected chi connectivity index (χ0v) is 44.9. The largest absolute Gasteiger partial charge is 0.756 e. The minimum absolute atomic E-state index is 0.0435.